The molecule has 1 unspecified atom stereocenters. The van der Waals surface area contributed by atoms with Gasteiger partial charge in [-0.1, -0.05) is 26.8 Å². The fourth-order valence-corrected chi connectivity index (χ4v) is 1.56. The topological polar surface area (TPSA) is 50.4 Å². The molecule has 4 nitrogen and oxygen atoms in total. The van der Waals surface area contributed by atoms with Gasteiger partial charge >= 0.3 is 0 Å². The third-order valence-corrected chi connectivity index (χ3v) is 2.91. The number of carbonyl (C=O) groups excluding carboxylic acids is 1. The molecule has 1 aromatic carbocycles. The number of carbonyl (C=O) groups is 1. The Kier molecular flexibility index (Phi) is 6.91. The molecule has 112 valence electrons. The van der Waals surface area contributed by atoms with Gasteiger partial charge in [-0.15, -0.1) is 0 Å². The number of hydrogen-bond donors (Lipinski definition) is 2. The van der Waals surface area contributed by atoms with Crippen molar-refractivity contribution < 1.29 is 9.53 Å². The van der Waals surface area contributed by atoms with Crippen LogP contribution in [0.3, 0.4) is 0 Å². The molecule has 1 atom stereocenters. The molecule has 1 aromatic rings. The predicted octanol–water partition coefficient (Wildman–Crippen LogP) is 3.05. The van der Waals surface area contributed by atoms with Crippen LogP contribution in [0.5, 0.6) is 5.75 Å². The van der Waals surface area contributed by atoms with E-state index in [1.807, 2.05) is 31.2 Å². The minimum Gasteiger partial charge on any atom is -0.491 e. The first kappa shape index (κ1) is 16.3. The number of amides is 1. The Labute approximate surface area is 121 Å². The summed E-state index contributed by atoms with van der Waals surface area (Å²) in [6, 6.07) is 7.70. The number of anilines is 1. The van der Waals surface area contributed by atoms with Gasteiger partial charge in [-0.25, -0.2) is 0 Å². The highest BCUT2D eigenvalue weighted by molar-refractivity contribution is 5.80. The Hall–Kier alpha value is -1.71. The summed E-state index contributed by atoms with van der Waals surface area (Å²) in [4.78, 5) is 11.6. The van der Waals surface area contributed by atoms with Crippen LogP contribution < -0.4 is 15.4 Å². The van der Waals surface area contributed by atoms with Crippen molar-refractivity contribution in [2.75, 3.05) is 18.4 Å². The first-order valence-corrected chi connectivity index (χ1v) is 7.28. The molecule has 0 aliphatic heterocycles. The third kappa shape index (κ3) is 6.45. The van der Waals surface area contributed by atoms with E-state index >= 15 is 0 Å². The van der Waals surface area contributed by atoms with Gasteiger partial charge in [0.15, 0.2) is 0 Å². The van der Waals surface area contributed by atoms with E-state index in [4.69, 9.17) is 4.74 Å². The highest BCUT2D eigenvalue weighted by atomic mass is 16.5. The number of rotatable bonds is 8. The fourth-order valence-electron chi connectivity index (χ4n) is 1.56. The van der Waals surface area contributed by atoms with E-state index in [0.29, 0.717) is 12.5 Å². The molecule has 0 saturated heterocycles. The molecule has 20 heavy (non-hydrogen) atoms. The van der Waals surface area contributed by atoms with Gasteiger partial charge in [0.25, 0.3) is 0 Å². The van der Waals surface area contributed by atoms with Crippen LogP contribution in [0.2, 0.25) is 0 Å². The lowest BCUT2D eigenvalue weighted by molar-refractivity contribution is -0.119. The molecule has 2 N–H and O–H groups in total. The Bertz CT molecular complexity index is 419. The Morgan fingerprint density at radius 2 is 2.05 bits per heavy atom. The normalized spacial score (nSPS) is 12.1. The van der Waals surface area contributed by atoms with Crippen LogP contribution in [-0.2, 0) is 4.79 Å². The van der Waals surface area contributed by atoms with E-state index in [2.05, 4.69) is 31.4 Å². The van der Waals surface area contributed by atoms with Crippen molar-refractivity contribution in [3.05, 3.63) is 24.3 Å². The van der Waals surface area contributed by atoms with Crippen LogP contribution in [-0.4, -0.2) is 25.1 Å². The van der Waals surface area contributed by atoms with Crippen LogP contribution in [0, 0.1) is 5.92 Å². The number of benzene rings is 1. The van der Waals surface area contributed by atoms with Gasteiger partial charge in [0.1, 0.15) is 5.75 Å². The summed E-state index contributed by atoms with van der Waals surface area (Å²) in [5, 5.41) is 5.98. The van der Waals surface area contributed by atoms with E-state index in [9.17, 15) is 4.79 Å². The summed E-state index contributed by atoms with van der Waals surface area (Å²) >= 11 is 0. The molecular formula is C16H26N2O2. The first-order valence-electron chi connectivity index (χ1n) is 7.28. The summed E-state index contributed by atoms with van der Waals surface area (Å²) in [6.45, 7) is 9.26. The standard InChI is InChI=1S/C16H26N2O2/c1-5-13(4)20-15-8-6-7-14(9-15)17-11-16(19)18-10-12(2)3/h6-9,12-13,17H,5,10-11H2,1-4H3,(H,18,19). The monoisotopic (exact) mass is 278 g/mol. The molecule has 0 fully saturated rings. The summed E-state index contributed by atoms with van der Waals surface area (Å²) in [6.07, 6.45) is 1.16. The van der Waals surface area contributed by atoms with Gasteiger partial charge in [-0.3, -0.25) is 4.79 Å². The summed E-state index contributed by atoms with van der Waals surface area (Å²) in [5.41, 5.74) is 0.894. The van der Waals surface area contributed by atoms with Crippen LogP contribution in [0.4, 0.5) is 5.69 Å². The average Bonchev–Trinajstić information content (AvgIpc) is 2.43. The van der Waals surface area contributed by atoms with Gasteiger partial charge in [-0.05, 0) is 31.4 Å². The number of hydrogen-bond acceptors (Lipinski definition) is 3. The van der Waals surface area contributed by atoms with Gasteiger partial charge in [0, 0.05) is 18.3 Å². The third-order valence-electron chi connectivity index (χ3n) is 2.91. The lowest BCUT2D eigenvalue weighted by Gasteiger charge is -2.14. The Morgan fingerprint density at radius 3 is 2.70 bits per heavy atom. The van der Waals surface area contributed by atoms with Crippen LogP contribution in [0.1, 0.15) is 34.1 Å². The molecule has 1 rings (SSSR count). The van der Waals surface area contributed by atoms with Gasteiger partial charge < -0.3 is 15.4 Å². The van der Waals surface area contributed by atoms with Crippen molar-refractivity contribution in [3.8, 4) is 5.75 Å². The highest BCUT2D eigenvalue weighted by Crippen LogP contribution is 2.18. The predicted molar refractivity (Wildman–Crippen MR) is 83.2 cm³/mol. The fraction of sp³-hybridized carbons (Fsp3) is 0.562. The van der Waals surface area contributed by atoms with E-state index < -0.39 is 0 Å². The molecule has 0 heterocycles. The van der Waals surface area contributed by atoms with Gasteiger partial charge in [0.05, 0.1) is 12.6 Å². The lowest BCUT2D eigenvalue weighted by atomic mass is 10.2. The molecular weight excluding hydrogens is 252 g/mol. The minimum absolute atomic E-state index is 0.00643. The smallest absolute Gasteiger partial charge is 0.239 e. The van der Waals surface area contributed by atoms with Crippen molar-refractivity contribution in [1.82, 2.24) is 5.32 Å². The molecule has 0 saturated carbocycles. The highest BCUT2D eigenvalue weighted by Gasteiger charge is 2.04. The molecule has 0 aliphatic rings. The second-order valence-electron chi connectivity index (χ2n) is 5.42. The molecule has 0 aliphatic carbocycles. The molecule has 0 aromatic heterocycles. The van der Waals surface area contributed by atoms with Crippen molar-refractivity contribution in [2.24, 2.45) is 5.92 Å². The van der Waals surface area contributed by atoms with Crippen molar-refractivity contribution >= 4 is 11.6 Å². The molecule has 0 spiro atoms. The van der Waals surface area contributed by atoms with Crippen molar-refractivity contribution in [2.45, 2.75) is 40.2 Å². The Morgan fingerprint density at radius 1 is 1.30 bits per heavy atom. The van der Waals surface area contributed by atoms with Crippen molar-refractivity contribution in [3.63, 3.8) is 0 Å². The second kappa shape index (κ2) is 8.46. The summed E-state index contributed by atoms with van der Waals surface area (Å²) in [7, 11) is 0. The van der Waals surface area contributed by atoms with E-state index in [1.54, 1.807) is 0 Å². The van der Waals surface area contributed by atoms with Crippen LogP contribution in [0.25, 0.3) is 0 Å². The summed E-state index contributed by atoms with van der Waals surface area (Å²) < 4.78 is 5.75. The van der Waals surface area contributed by atoms with Crippen LogP contribution >= 0.6 is 0 Å². The molecule has 0 bridgehead atoms. The minimum atomic E-state index is 0.00643. The van der Waals surface area contributed by atoms with E-state index in [1.165, 1.54) is 0 Å². The Balaban J connectivity index is 2.44. The maximum Gasteiger partial charge on any atom is 0.239 e. The first-order chi connectivity index (χ1) is 9.51. The lowest BCUT2D eigenvalue weighted by Crippen LogP contribution is -2.32. The number of nitrogens with one attached hydrogen (secondary N) is 2. The molecule has 1 amide bonds. The van der Waals surface area contributed by atoms with E-state index in [-0.39, 0.29) is 18.6 Å². The zero-order chi connectivity index (χ0) is 15.0. The quantitative estimate of drug-likeness (QED) is 0.768. The van der Waals surface area contributed by atoms with Crippen LogP contribution in [0.15, 0.2) is 24.3 Å². The average molecular weight is 278 g/mol. The maximum absolute atomic E-state index is 11.6. The zero-order valence-electron chi connectivity index (χ0n) is 12.9. The molecule has 0 radical (unpaired) electrons. The van der Waals surface area contributed by atoms with Crippen molar-refractivity contribution in [1.29, 1.82) is 0 Å². The SMILES string of the molecule is CCC(C)Oc1cccc(NCC(=O)NCC(C)C)c1. The number of ether oxygens (including phenoxy) is 1. The van der Waals surface area contributed by atoms with Gasteiger partial charge in [0.2, 0.25) is 5.91 Å². The second-order valence-corrected chi connectivity index (χ2v) is 5.42. The van der Waals surface area contributed by atoms with E-state index in [0.717, 1.165) is 17.9 Å². The zero-order valence-corrected chi connectivity index (χ0v) is 12.9. The maximum atomic E-state index is 11.6. The summed E-state index contributed by atoms with van der Waals surface area (Å²) in [5.74, 6) is 1.30. The van der Waals surface area contributed by atoms with Gasteiger partial charge in [-0.2, -0.15) is 0 Å². The molecule has 4 heteroatoms. The largest absolute Gasteiger partial charge is 0.491 e.